The highest BCUT2D eigenvalue weighted by Gasteiger charge is 2.28. The van der Waals surface area contributed by atoms with Gasteiger partial charge in [-0.3, -0.25) is 0 Å². The lowest BCUT2D eigenvalue weighted by atomic mass is 9.70. The van der Waals surface area contributed by atoms with Crippen molar-refractivity contribution < 1.29 is 0 Å². The Balaban J connectivity index is 1.31. The van der Waals surface area contributed by atoms with E-state index in [1.54, 1.807) is 32.1 Å². The second kappa shape index (κ2) is 8.88. The van der Waals surface area contributed by atoms with Crippen molar-refractivity contribution in [1.29, 1.82) is 0 Å². The van der Waals surface area contributed by atoms with Crippen LogP contribution in [0.4, 0.5) is 0 Å². The maximum atomic E-state index is 6.05. The van der Waals surface area contributed by atoms with Gasteiger partial charge in [0.25, 0.3) is 0 Å². The maximum Gasteiger partial charge on any atom is 0.00390 e. The van der Waals surface area contributed by atoms with Crippen LogP contribution in [0.5, 0.6) is 0 Å². The minimum absolute atomic E-state index is 0.518. The van der Waals surface area contributed by atoms with E-state index in [4.69, 9.17) is 5.73 Å². The van der Waals surface area contributed by atoms with E-state index in [0.29, 0.717) is 6.04 Å². The lowest BCUT2D eigenvalue weighted by molar-refractivity contribution is 0.169. The van der Waals surface area contributed by atoms with Gasteiger partial charge in [0, 0.05) is 6.04 Å². The topological polar surface area (TPSA) is 26.0 Å². The molecular weight excluding hydrogens is 278 g/mol. The zero-order chi connectivity index (χ0) is 16.1. The van der Waals surface area contributed by atoms with E-state index in [9.17, 15) is 0 Å². The van der Waals surface area contributed by atoms with Crippen LogP contribution in [0.25, 0.3) is 0 Å². The molecule has 0 heterocycles. The molecule has 1 heteroatoms. The summed E-state index contributed by atoms with van der Waals surface area (Å²) in [6.07, 6.45) is 22.3. The molecule has 134 valence electrons. The Bertz CT molecular complexity index is 315. The summed E-state index contributed by atoms with van der Waals surface area (Å²) in [7, 11) is 0. The van der Waals surface area contributed by atoms with Crippen molar-refractivity contribution in [2.75, 3.05) is 0 Å². The van der Waals surface area contributed by atoms with E-state index in [-0.39, 0.29) is 0 Å². The van der Waals surface area contributed by atoms with Gasteiger partial charge in [0.1, 0.15) is 0 Å². The number of hydrogen-bond acceptors (Lipinski definition) is 1. The second-order valence-corrected chi connectivity index (χ2v) is 9.43. The normalized spacial score (nSPS) is 42.5. The summed E-state index contributed by atoms with van der Waals surface area (Å²) in [5.41, 5.74) is 6.05. The Morgan fingerprint density at radius 1 is 0.522 bits per heavy atom. The van der Waals surface area contributed by atoms with Gasteiger partial charge in [0.15, 0.2) is 0 Å². The SMILES string of the molecule is CCC1CCC(CC2CCC(CC3CCC(N)CC3)CC2)CC1. The molecule has 3 saturated carbocycles. The number of hydrogen-bond donors (Lipinski definition) is 1. The Hall–Kier alpha value is -0.0400. The lowest BCUT2D eigenvalue weighted by Gasteiger charge is -2.36. The average molecular weight is 320 g/mol. The molecule has 0 saturated heterocycles. The first-order chi connectivity index (χ1) is 11.2. The van der Waals surface area contributed by atoms with E-state index < -0.39 is 0 Å². The molecule has 3 aliphatic rings. The molecule has 0 aliphatic heterocycles. The molecule has 0 spiro atoms. The summed E-state index contributed by atoms with van der Waals surface area (Å²) in [6, 6.07) is 0.518. The fourth-order valence-corrected chi connectivity index (χ4v) is 5.95. The number of rotatable bonds is 5. The third-order valence-corrected chi connectivity index (χ3v) is 7.73. The van der Waals surface area contributed by atoms with Crippen LogP contribution in [0.1, 0.15) is 103 Å². The van der Waals surface area contributed by atoms with Crippen LogP contribution in [0.3, 0.4) is 0 Å². The van der Waals surface area contributed by atoms with Crippen LogP contribution >= 0.6 is 0 Å². The van der Waals surface area contributed by atoms with Gasteiger partial charge in [-0.1, -0.05) is 64.7 Å². The smallest absolute Gasteiger partial charge is 0.00390 e. The Morgan fingerprint density at radius 2 is 0.826 bits per heavy atom. The molecule has 0 aromatic rings. The van der Waals surface area contributed by atoms with Gasteiger partial charge >= 0.3 is 0 Å². The Labute approximate surface area is 145 Å². The van der Waals surface area contributed by atoms with Gasteiger partial charge in [-0.15, -0.1) is 0 Å². The van der Waals surface area contributed by atoms with Crippen LogP contribution in [0.2, 0.25) is 0 Å². The molecule has 1 nitrogen and oxygen atoms in total. The molecular formula is C22H41N. The maximum absolute atomic E-state index is 6.05. The summed E-state index contributed by atoms with van der Waals surface area (Å²) in [6.45, 7) is 2.38. The Morgan fingerprint density at radius 3 is 1.17 bits per heavy atom. The van der Waals surface area contributed by atoms with Gasteiger partial charge in [0.2, 0.25) is 0 Å². The van der Waals surface area contributed by atoms with Crippen molar-refractivity contribution >= 4 is 0 Å². The van der Waals surface area contributed by atoms with E-state index in [2.05, 4.69) is 6.92 Å². The minimum Gasteiger partial charge on any atom is -0.328 e. The zero-order valence-corrected chi connectivity index (χ0v) is 15.6. The first-order valence-corrected chi connectivity index (χ1v) is 11.0. The van der Waals surface area contributed by atoms with Gasteiger partial charge in [0.05, 0.1) is 0 Å². The van der Waals surface area contributed by atoms with Crippen LogP contribution < -0.4 is 5.73 Å². The van der Waals surface area contributed by atoms with Gasteiger partial charge < -0.3 is 5.73 Å². The molecule has 0 radical (unpaired) electrons. The van der Waals surface area contributed by atoms with Crippen molar-refractivity contribution in [3.8, 4) is 0 Å². The molecule has 2 N–H and O–H groups in total. The van der Waals surface area contributed by atoms with Gasteiger partial charge in [-0.05, 0) is 68.1 Å². The highest BCUT2D eigenvalue weighted by atomic mass is 14.6. The van der Waals surface area contributed by atoms with E-state index in [1.165, 1.54) is 64.2 Å². The van der Waals surface area contributed by atoms with Crippen molar-refractivity contribution in [3.63, 3.8) is 0 Å². The summed E-state index contributed by atoms with van der Waals surface area (Å²) >= 11 is 0. The predicted molar refractivity (Wildman–Crippen MR) is 100 cm³/mol. The molecule has 0 amide bonds. The largest absolute Gasteiger partial charge is 0.328 e. The molecule has 0 aromatic carbocycles. The van der Waals surface area contributed by atoms with Crippen LogP contribution in [-0.2, 0) is 0 Å². The first-order valence-electron chi connectivity index (χ1n) is 11.0. The van der Waals surface area contributed by atoms with Gasteiger partial charge in [-0.2, -0.15) is 0 Å². The van der Waals surface area contributed by atoms with Crippen molar-refractivity contribution in [2.24, 2.45) is 35.3 Å². The minimum atomic E-state index is 0.518. The molecule has 0 aromatic heterocycles. The fraction of sp³-hybridized carbons (Fsp3) is 1.00. The molecule has 0 unspecified atom stereocenters. The van der Waals surface area contributed by atoms with Crippen molar-refractivity contribution in [3.05, 3.63) is 0 Å². The lowest BCUT2D eigenvalue weighted by Crippen LogP contribution is -2.28. The van der Waals surface area contributed by atoms with Crippen molar-refractivity contribution in [2.45, 2.75) is 109 Å². The predicted octanol–water partition coefficient (Wildman–Crippen LogP) is 6.31. The third-order valence-electron chi connectivity index (χ3n) is 7.73. The monoisotopic (exact) mass is 319 g/mol. The Kier molecular flexibility index (Phi) is 6.86. The summed E-state index contributed by atoms with van der Waals surface area (Å²) in [5.74, 6) is 5.29. The average Bonchev–Trinajstić information content (AvgIpc) is 2.59. The van der Waals surface area contributed by atoms with Crippen LogP contribution in [0, 0.1) is 29.6 Å². The molecule has 0 bridgehead atoms. The number of nitrogens with two attached hydrogens (primary N) is 1. The van der Waals surface area contributed by atoms with Crippen LogP contribution in [-0.4, -0.2) is 6.04 Å². The molecule has 23 heavy (non-hydrogen) atoms. The molecule has 3 fully saturated rings. The first kappa shape index (κ1) is 17.8. The quantitative estimate of drug-likeness (QED) is 0.631. The summed E-state index contributed by atoms with van der Waals surface area (Å²) < 4.78 is 0. The summed E-state index contributed by atoms with van der Waals surface area (Å²) in [5, 5.41) is 0. The standard InChI is InChI=1S/C22H41N/c1-2-17-3-5-18(6-4-17)15-19-7-9-20(10-8-19)16-21-11-13-22(23)14-12-21/h17-22H,2-16,23H2,1H3. The molecule has 3 rings (SSSR count). The second-order valence-electron chi connectivity index (χ2n) is 9.43. The van der Waals surface area contributed by atoms with E-state index >= 15 is 0 Å². The zero-order valence-electron chi connectivity index (χ0n) is 15.6. The van der Waals surface area contributed by atoms with Crippen molar-refractivity contribution in [1.82, 2.24) is 0 Å². The summed E-state index contributed by atoms with van der Waals surface area (Å²) in [4.78, 5) is 0. The van der Waals surface area contributed by atoms with E-state index in [0.717, 1.165) is 29.6 Å². The highest BCUT2D eigenvalue weighted by Crippen LogP contribution is 2.41. The van der Waals surface area contributed by atoms with Crippen LogP contribution in [0.15, 0.2) is 0 Å². The third kappa shape index (κ3) is 5.48. The molecule has 3 aliphatic carbocycles. The molecule has 0 atom stereocenters. The highest BCUT2D eigenvalue weighted by molar-refractivity contribution is 4.81. The van der Waals surface area contributed by atoms with E-state index in [1.807, 2.05) is 0 Å². The fourth-order valence-electron chi connectivity index (χ4n) is 5.95. The van der Waals surface area contributed by atoms with Gasteiger partial charge in [-0.25, -0.2) is 0 Å².